The van der Waals surface area contributed by atoms with Crippen molar-refractivity contribution in [1.82, 2.24) is 0 Å². The van der Waals surface area contributed by atoms with Crippen molar-refractivity contribution in [3.63, 3.8) is 0 Å². The minimum absolute atomic E-state index is 0.00759. The highest BCUT2D eigenvalue weighted by Gasteiger charge is 2.33. The molecule has 2 rings (SSSR count). The number of anilines is 1. The van der Waals surface area contributed by atoms with E-state index >= 15 is 0 Å². The van der Waals surface area contributed by atoms with Gasteiger partial charge in [0.1, 0.15) is 5.75 Å². The Bertz CT molecular complexity index is 466. The maximum absolute atomic E-state index is 12.0. The van der Waals surface area contributed by atoms with Crippen molar-refractivity contribution >= 4 is 11.7 Å². The van der Waals surface area contributed by atoms with Crippen LogP contribution >= 0.6 is 0 Å². The minimum atomic E-state index is -0.0841. The highest BCUT2D eigenvalue weighted by Crippen LogP contribution is 2.40. The van der Waals surface area contributed by atoms with E-state index in [1.54, 1.807) is 0 Å². The zero-order valence-corrected chi connectivity index (χ0v) is 12.3. The second kappa shape index (κ2) is 5.64. The molecule has 19 heavy (non-hydrogen) atoms. The predicted molar refractivity (Wildman–Crippen MR) is 77.8 cm³/mol. The van der Waals surface area contributed by atoms with Gasteiger partial charge in [-0.25, -0.2) is 0 Å². The fourth-order valence-electron chi connectivity index (χ4n) is 2.90. The lowest BCUT2D eigenvalue weighted by molar-refractivity contribution is -0.141. The third-order valence-corrected chi connectivity index (χ3v) is 4.17. The number of carbonyl (C=O) groups is 1. The lowest BCUT2D eigenvalue weighted by Crippen LogP contribution is -2.30. The Morgan fingerprint density at radius 1 is 1.21 bits per heavy atom. The van der Waals surface area contributed by atoms with Crippen LogP contribution in [0.4, 0.5) is 5.69 Å². The molecule has 0 radical (unpaired) electrons. The molecule has 0 fully saturated rings. The molecule has 0 N–H and O–H groups in total. The van der Waals surface area contributed by atoms with Gasteiger partial charge in [0.15, 0.2) is 0 Å². The Labute approximate surface area is 115 Å². The van der Waals surface area contributed by atoms with E-state index in [-0.39, 0.29) is 17.8 Å². The number of fused-ring (bicyclic) bond motifs is 1. The van der Waals surface area contributed by atoms with Crippen LogP contribution in [-0.4, -0.2) is 19.1 Å². The van der Waals surface area contributed by atoms with Gasteiger partial charge in [-0.1, -0.05) is 19.9 Å². The monoisotopic (exact) mass is 261 g/mol. The quantitative estimate of drug-likeness (QED) is 0.613. The van der Waals surface area contributed by atoms with Gasteiger partial charge in [-0.15, -0.1) is 0 Å². The van der Waals surface area contributed by atoms with Crippen molar-refractivity contribution in [3.8, 4) is 5.75 Å². The summed E-state index contributed by atoms with van der Waals surface area (Å²) in [6.07, 6.45) is 0.831. The van der Waals surface area contributed by atoms with Crippen LogP contribution in [0.3, 0.4) is 0 Å². The SMILES string of the molecule is CCC1C(=O)Oc2cc(N(CC)CC)ccc2C1C. The summed E-state index contributed by atoms with van der Waals surface area (Å²) in [5.41, 5.74) is 2.28. The Morgan fingerprint density at radius 3 is 2.47 bits per heavy atom. The second-order valence-electron chi connectivity index (χ2n) is 5.12. The number of rotatable bonds is 4. The van der Waals surface area contributed by atoms with Gasteiger partial charge < -0.3 is 9.64 Å². The number of esters is 1. The van der Waals surface area contributed by atoms with Crippen LogP contribution in [0.2, 0.25) is 0 Å². The van der Waals surface area contributed by atoms with Crippen LogP contribution in [0.15, 0.2) is 18.2 Å². The average molecular weight is 261 g/mol. The maximum Gasteiger partial charge on any atom is 0.314 e. The molecule has 2 unspecified atom stereocenters. The molecule has 0 amide bonds. The molecule has 1 aliphatic heterocycles. The van der Waals surface area contributed by atoms with Gasteiger partial charge in [-0.3, -0.25) is 4.79 Å². The summed E-state index contributed by atoms with van der Waals surface area (Å²) < 4.78 is 5.52. The summed E-state index contributed by atoms with van der Waals surface area (Å²) in [4.78, 5) is 14.2. The molecule has 1 heterocycles. The summed E-state index contributed by atoms with van der Waals surface area (Å²) in [7, 11) is 0. The minimum Gasteiger partial charge on any atom is -0.426 e. The van der Waals surface area contributed by atoms with E-state index in [9.17, 15) is 4.79 Å². The average Bonchev–Trinajstić information content (AvgIpc) is 2.40. The fraction of sp³-hybridized carbons (Fsp3) is 0.562. The van der Waals surface area contributed by atoms with Crippen molar-refractivity contribution in [2.45, 2.75) is 40.0 Å². The molecular weight excluding hydrogens is 238 g/mol. The molecule has 0 saturated heterocycles. The maximum atomic E-state index is 12.0. The summed E-state index contributed by atoms with van der Waals surface area (Å²) in [6, 6.07) is 6.25. The first kappa shape index (κ1) is 13.9. The van der Waals surface area contributed by atoms with Crippen LogP contribution < -0.4 is 9.64 Å². The molecule has 1 aromatic rings. The van der Waals surface area contributed by atoms with Gasteiger partial charge in [0.05, 0.1) is 5.92 Å². The molecule has 1 aliphatic rings. The lowest BCUT2D eigenvalue weighted by atomic mass is 9.83. The zero-order valence-electron chi connectivity index (χ0n) is 12.3. The van der Waals surface area contributed by atoms with Gasteiger partial charge in [0.25, 0.3) is 0 Å². The van der Waals surface area contributed by atoms with Crippen LogP contribution in [-0.2, 0) is 4.79 Å². The summed E-state index contributed by atoms with van der Waals surface area (Å²) in [5, 5.41) is 0. The molecule has 3 heteroatoms. The molecule has 0 spiro atoms. The molecule has 104 valence electrons. The third kappa shape index (κ3) is 2.46. The molecule has 2 atom stereocenters. The molecule has 3 nitrogen and oxygen atoms in total. The molecule has 0 aromatic heterocycles. The predicted octanol–water partition coefficient (Wildman–Crippen LogP) is 3.58. The van der Waals surface area contributed by atoms with E-state index in [0.29, 0.717) is 0 Å². The number of nitrogens with zero attached hydrogens (tertiary/aromatic N) is 1. The van der Waals surface area contributed by atoms with Crippen LogP contribution in [0.5, 0.6) is 5.75 Å². The Kier molecular flexibility index (Phi) is 4.13. The first-order valence-corrected chi connectivity index (χ1v) is 7.22. The van der Waals surface area contributed by atoms with E-state index in [2.05, 4.69) is 37.8 Å². The molecule has 0 aliphatic carbocycles. The summed E-state index contributed by atoms with van der Waals surface area (Å²) in [5.74, 6) is 0.893. The first-order valence-electron chi connectivity index (χ1n) is 7.22. The van der Waals surface area contributed by atoms with Gasteiger partial charge >= 0.3 is 5.97 Å². The summed E-state index contributed by atoms with van der Waals surface area (Å²) in [6.45, 7) is 10.3. The van der Waals surface area contributed by atoms with Crippen molar-refractivity contribution in [1.29, 1.82) is 0 Å². The van der Waals surface area contributed by atoms with E-state index in [0.717, 1.165) is 36.5 Å². The molecule has 0 bridgehead atoms. The van der Waals surface area contributed by atoms with E-state index in [1.807, 2.05) is 13.0 Å². The van der Waals surface area contributed by atoms with Crippen molar-refractivity contribution < 1.29 is 9.53 Å². The van der Waals surface area contributed by atoms with Crippen molar-refractivity contribution in [2.75, 3.05) is 18.0 Å². The van der Waals surface area contributed by atoms with Gasteiger partial charge in [0.2, 0.25) is 0 Å². The van der Waals surface area contributed by atoms with Crippen LogP contribution in [0.1, 0.15) is 45.6 Å². The van der Waals surface area contributed by atoms with Crippen molar-refractivity contribution in [2.24, 2.45) is 5.92 Å². The molecule has 1 aromatic carbocycles. The first-order chi connectivity index (χ1) is 9.12. The smallest absolute Gasteiger partial charge is 0.314 e. The van der Waals surface area contributed by atoms with Crippen LogP contribution in [0, 0.1) is 5.92 Å². The number of carbonyl (C=O) groups excluding carboxylic acids is 1. The van der Waals surface area contributed by atoms with E-state index in [4.69, 9.17) is 4.74 Å². The highest BCUT2D eigenvalue weighted by molar-refractivity contribution is 5.79. The second-order valence-corrected chi connectivity index (χ2v) is 5.12. The molecular formula is C16H23NO2. The lowest BCUT2D eigenvalue weighted by Gasteiger charge is -2.30. The zero-order chi connectivity index (χ0) is 14.0. The van der Waals surface area contributed by atoms with Crippen molar-refractivity contribution in [3.05, 3.63) is 23.8 Å². The molecule has 0 saturated carbocycles. The largest absolute Gasteiger partial charge is 0.426 e. The Hall–Kier alpha value is -1.51. The number of ether oxygens (including phenoxy) is 1. The van der Waals surface area contributed by atoms with E-state index < -0.39 is 0 Å². The standard InChI is InChI=1S/C16H23NO2/c1-5-13-11(4)14-9-8-12(17(6-2)7-3)10-15(14)19-16(13)18/h8-11,13H,5-7H2,1-4H3. The normalized spacial score (nSPS) is 21.8. The van der Waals surface area contributed by atoms with E-state index in [1.165, 1.54) is 0 Å². The third-order valence-electron chi connectivity index (χ3n) is 4.17. The van der Waals surface area contributed by atoms with Gasteiger partial charge in [0, 0.05) is 24.8 Å². The van der Waals surface area contributed by atoms with Gasteiger partial charge in [-0.2, -0.15) is 0 Å². The van der Waals surface area contributed by atoms with Crippen LogP contribution in [0.25, 0.3) is 0 Å². The Balaban J connectivity index is 2.37. The number of hydrogen-bond acceptors (Lipinski definition) is 3. The highest BCUT2D eigenvalue weighted by atomic mass is 16.5. The number of hydrogen-bond donors (Lipinski definition) is 0. The topological polar surface area (TPSA) is 29.5 Å². The fourth-order valence-corrected chi connectivity index (χ4v) is 2.90. The number of benzene rings is 1. The van der Waals surface area contributed by atoms with Gasteiger partial charge in [-0.05, 0) is 37.8 Å². The Morgan fingerprint density at radius 2 is 1.89 bits per heavy atom. The summed E-state index contributed by atoms with van der Waals surface area (Å²) >= 11 is 0.